The number of esters is 1. The van der Waals surface area contributed by atoms with E-state index in [9.17, 15) is 4.79 Å². The van der Waals surface area contributed by atoms with Crippen LogP contribution in [0.2, 0.25) is 0 Å². The van der Waals surface area contributed by atoms with Gasteiger partial charge in [-0.2, -0.15) is 0 Å². The van der Waals surface area contributed by atoms with Gasteiger partial charge in [0, 0.05) is 31.0 Å². The van der Waals surface area contributed by atoms with Gasteiger partial charge in [0.25, 0.3) is 0 Å². The Labute approximate surface area is 142 Å². The lowest BCUT2D eigenvalue weighted by atomic mass is 10.0. The van der Waals surface area contributed by atoms with E-state index in [2.05, 4.69) is 27.3 Å². The molecule has 1 aromatic carbocycles. The Balaban J connectivity index is 1.64. The lowest BCUT2D eigenvalue weighted by Gasteiger charge is -2.34. The monoisotopic (exact) mass is 325 g/mol. The molecular formula is C19H23N3O2. The average molecular weight is 325 g/mol. The molecule has 0 saturated carbocycles. The predicted octanol–water partition coefficient (Wildman–Crippen LogP) is 3.34. The highest BCUT2D eigenvalue weighted by atomic mass is 16.5. The lowest BCUT2D eigenvalue weighted by molar-refractivity contribution is 0.0526. The highest BCUT2D eigenvalue weighted by molar-refractivity contribution is 5.94. The molecule has 2 heterocycles. The number of nitrogens with one attached hydrogen (secondary N) is 1. The molecule has 0 atom stereocenters. The summed E-state index contributed by atoms with van der Waals surface area (Å²) in [5.41, 5.74) is 1.70. The number of pyridine rings is 1. The van der Waals surface area contributed by atoms with Crippen molar-refractivity contribution >= 4 is 17.5 Å². The van der Waals surface area contributed by atoms with Gasteiger partial charge in [0.15, 0.2) is 0 Å². The van der Waals surface area contributed by atoms with E-state index in [4.69, 9.17) is 4.74 Å². The Morgan fingerprint density at radius 2 is 1.96 bits per heavy atom. The van der Waals surface area contributed by atoms with E-state index in [1.54, 1.807) is 18.3 Å². The van der Waals surface area contributed by atoms with Crippen molar-refractivity contribution in [3.63, 3.8) is 0 Å². The normalized spacial score (nSPS) is 15.1. The van der Waals surface area contributed by atoms with Crippen LogP contribution in [0.25, 0.3) is 0 Å². The van der Waals surface area contributed by atoms with Gasteiger partial charge in [-0.15, -0.1) is 0 Å². The van der Waals surface area contributed by atoms with E-state index in [-0.39, 0.29) is 5.97 Å². The summed E-state index contributed by atoms with van der Waals surface area (Å²) in [4.78, 5) is 18.7. The van der Waals surface area contributed by atoms with Crippen LogP contribution in [0.3, 0.4) is 0 Å². The van der Waals surface area contributed by atoms with Crippen LogP contribution >= 0.6 is 0 Å². The second kappa shape index (κ2) is 7.81. The maximum atomic E-state index is 12.1. The molecule has 5 heteroatoms. The van der Waals surface area contributed by atoms with Gasteiger partial charge < -0.3 is 15.0 Å². The number of carbonyl (C=O) groups is 1. The van der Waals surface area contributed by atoms with Gasteiger partial charge in [0.2, 0.25) is 0 Å². The summed E-state index contributed by atoms with van der Waals surface area (Å²) in [6, 6.07) is 14.3. The number of nitrogens with zero attached hydrogens (tertiary/aromatic N) is 2. The summed E-state index contributed by atoms with van der Waals surface area (Å²) in [6.07, 6.45) is 3.74. The molecule has 0 bridgehead atoms. The fraction of sp³-hybridized carbons (Fsp3) is 0.368. The number of carbonyl (C=O) groups excluding carboxylic acids is 1. The van der Waals surface area contributed by atoms with Crippen LogP contribution in [0.15, 0.2) is 48.7 Å². The van der Waals surface area contributed by atoms with Crippen molar-refractivity contribution in [2.45, 2.75) is 25.8 Å². The Kier molecular flexibility index (Phi) is 5.31. The molecule has 2 aromatic rings. The van der Waals surface area contributed by atoms with E-state index < -0.39 is 0 Å². The third-order valence-corrected chi connectivity index (χ3v) is 4.22. The maximum Gasteiger partial charge on any atom is 0.341 e. The molecule has 1 aliphatic rings. The molecule has 5 nitrogen and oxygen atoms in total. The quantitative estimate of drug-likeness (QED) is 0.855. The summed E-state index contributed by atoms with van der Waals surface area (Å²) >= 11 is 0. The molecule has 3 rings (SSSR count). The zero-order valence-corrected chi connectivity index (χ0v) is 13.9. The molecule has 1 aromatic heterocycles. The number of ether oxygens (including phenoxy) is 1. The minimum absolute atomic E-state index is 0.301. The highest BCUT2D eigenvalue weighted by Crippen LogP contribution is 2.24. The largest absolute Gasteiger partial charge is 0.462 e. The number of rotatable bonds is 5. The first-order valence-corrected chi connectivity index (χ1v) is 8.46. The fourth-order valence-corrected chi connectivity index (χ4v) is 3.02. The number of hydrogen-bond donors (Lipinski definition) is 1. The van der Waals surface area contributed by atoms with Crippen molar-refractivity contribution in [3.8, 4) is 0 Å². The van der Waals surface area contributed by atoms with Crippen LogP contribution in [-0.2, 0) is 4.74 Å². The van der Waals surface area contributed by atoms with E-state index in [0.29, 0.717) is 18.2 Å². The van der Waals surface area contributed by atoms with E-state index >= 15 is 0 Å². The number of hydrogen-bond acceptors (Lipinski definition) is 5. The molecule has 126 valence electrons. The van der Waals surface area contributed by atoms with Crippen molar-refractivity contribution in [2.75, 3.05) is 29.9 Å². The first-order chi connectivity index (χ1) is 11.8. The molecule has 1 saturated heterocycles. The van der Waals surface area contributed by atoms with Crippen LogP contribution in [0, 0.1) is 0 Å². The number of piperidine rings is 1. The van der Waals surface area contributed by atoms with Gasteiger partial charge in [0.1, 0.15) is 11.4 Å². The molecule has 0 spiro atoms. The SMILES string of the molecule is CCOC(=O)c1cccnc1N1CCC(Nc2ccccc2)CC1. The predicted molar refractivity (Wildman–Crippen MR) is 95.5 cm³/mol. The summed E-state index contributed by atoms with van der Waals surface area (Å²) in [5.74, 6) is 0.430. The third-order valence-electron chi connectivity index (χ3n) is 4.22. The number of para-hydroxylation sites is 1. The number of benzene rings is 1. The Bertz CT molecular complexity index is 667. The summed E-state index contributed by atoms with van der Waals surface area (Å²) in [7, 11) is 0. The van der Waals surface area contributed by atoms with Crippen molar-refractivity contribution in [3.05, 3.63) is 54.2 Å². The van der Waals surface area contributed by atoms with Gasteiger partial charge in [0.05, 0.1) is 6.61 Å². The second-order valence-corrected chi connectivity index (χ2v) is 5.87. The standard InChI is InChI=1S/C19H23N3O2/c1-2-24-19(23)17-9-6-12-20-18(17)22-13-10-16(11-14-22)21-15-7-4-3-5-8-15/h3-9,12,16,21H,2,10-11,13-14H2,1H3. The first-order valence-electron chi connectivity index (χ1n) is 8.46. The number of anilines is 2. The van der Waals surface area contributed by atoms with Gasteiger partial charge in [-0.3, -0.25) is 0 Å². The van der Waals surface area contributed by atoms with Crippen LogP contribution in [-0.4, -0.2) is 36.7 Å². The molecule has 1 aliphatic heterocycles. The van der Waals surface area contributed by atoms with Crippen LogP contribution in [0.4, 0.5) is 11.5 Å². The molecule has 1 fully saturated rings. The maximum absolute atomic E-state index is 12.1. The van der Waals surface area contributed by atoms with Gasteiger partial charge in [-0.1, -0.05) is 18.2 Å². The van der Waals surface area contributed by atoms with Crippen LogP contribution in [0.5, 0.6) is 0 Å². The molecule has 0 radical (unpaired) electrons. The highest BCUT2D eigenvalue weighted by Gasteiger charge is 2.24. The van der Waals surface area contributed by atoms with E-state index in [1.165, 1.54) is 0 Å². The molecule has 0 unspecified atom stereocenters. The van der Waals surface area contributed by atoms with Crippen molar-refractivity contribution in [2.24, 2.45) is 0 Å². The average Bonchev–Trinajstić information content (AvgIpc) is 2.63. The smallest absolute Gasteiger partial charge is 0.341 e. The van der Waals surface area contributed by atoms with Gasteiger partial charge in [-0.25, -0.2) is 9.78 Å². The lowest BCUT2D eigenvalue weighted by Crippen LogP contribution is -2.40. The number of aromatic nitrogens is 1. The van der Waals surface area contributed by atoms with Gasteiger partial charge in [-0.05, 0) is 44.0 Å². The molecular weight excluding hydrogens is 302 g/mol. The topological polar surface area (TPSA) is 54.5 Å². The third kappa shape index (κ3) is 3.85. The zero-order chi connectivity index (χ0) is 16.8. The summed E-state index contributed by atoms with van der Waals surface area (Å²) < 4.78 is 5.14. The summed E-state index contributed by atoms with van der Waals surface area (Å²) in [5, 5.41) is 3.57. The molecule has 1 N–H and O–H groups in total. The van der Waals surface area contributed by atoms with Gasteiger partial charge >= 0.3 is 5.97 Å². The van der Waals surface area contributed by atoms with Crippen molar-refractivity contribution in [1.29, 1.82) is 0 Å². The minimum Gasteiger partial charge on any atom is -0.462 e. The first kappa shape index (κ1) is 16.3. The Morgan fingerprint density at radius 1 is 1.21 bits per heavy atom. The fourth-order valence-electron chi connectivity index (χ4n) is 3.02. The van der Waals surface area contributed by atoms with Crippen molar-refractivity contribution in [1.82, 2.24) is 4.98 Å². The minimum atomic E-state index is -0.301. The van der Waals surface area contributed by atoms with Crippen LogP contribution < -0.4 is 10.2 Å². The Morgan fingerprint density at radius 3 is 2.67 bits per heavy atom. The second-order valence-electron chi connectivity index (χ2n) is 5.87. The van der Waals surface area contributed by atoms with Crippen molar-refractivity contribution < 1.29 is 9.53 Å². The van der Waals surface area contributed by atoms with E-state index in [1.807, 2.05) is 25.1 Å². The van der Waals surface area contributed by atoms with Crippen LogP contribution in [0.1, 0.15) is 30.1 Å². The Hall–Kier alpha value is -2.56. The zero-order valence-electron chi connectivity index (χ0n) is 13.9. The molecule has 0 aliphatic carbocycles. The molecule has 0 amide bonds. The van der Waals surface area contributed by atoms with E-state index in [0.717, 1.165) is 37.4 Å². The molecule has 24 heavy (non-hydrogen) atoms. The summed E-state index contributed by atoms with van der Waals surface area (Å²) in [6.45, 7) is 3.92.